The number of hydrogen-bond donors (Lipinski definition) is 3. The van der Waals surface area contributed by atoms with Crippen LogP contribution in [0.25, 0.3) is 0 Å². The lowest BCUT2D eigenvalue weighted by Crippen LogP contribution is -2.47. The van der Waals surface area contributed by atoms with Crippen molar-refractivity contribution in [2.45, 2.75) is 44.7 Å². The van der Waals surface area contributed by atoms with Crippen LogP contribution in [0.5, 0.6) is 0 Å². The lowest BCUT2D eigenvalue weighted by molar-refractivity contribution is -0.151. The predicted molar refractivity (Wildman–Crippen MR) is 84.5 cm³/mol. The lowest BCUT2D eigenvalue weighted by Gasteiger charge is -2.24. The minimum atomic E-state index is -0.302. The number of urea groups is 1. The summed E-state index contributed by atoms with van der Waals surface area (Å²) in [4.78, 5) is 26.6. The molecular weight excluding hydrogens is 296 g/mol. The molecule has 1 aromatic heterocycles. The van der Waals surface area contributed by atoms with Gasteiger partial charge in [-0.2, -0.15) is 0 Å². The highest BCUT2D eigenvalue weighted by Gasteiger charge is 2.22. The van der Waals surface area contributed by atoms with Gasteiger partial charge in [0.15, 0.2) is 0 Å². The lowest BCUT2D eigenvalue weighted by atomic mass is 9.98. The highest BCUT2D eigenvalue weighted by atomic mass is 16.5. The van der Waals surface area contributed by atoms with Crippen LogP contribution >= 0.6 is 0 Å². The van der Waals surface area contributed by atoms with E-state index in [-0.39, 0.29) is 18.6 Å². The van der Waals surface area contributed by atoms with Crippen molar-refractivity contribution >= 4 is 12.4 Å². The topological polar surface area (TPSA) is 94.6 Å². The molecule has 0 unspecified atom stereocenters. The first-order chi connectivity index (χ1) is 11.2. The molecule has 1 fully saturated rings. The van der Waals surface area contributed by atoms with Crippen molar-refractivity contribution in [1.29, 1.82) is 0 Å². The largest absolute Gasteiger partial charge is 0.334 e. The number of pyridine rings is 1. The molecule has 0 aliphatic heterocycles. The van der Waals surface area contributed by atoms with Gasteiger partial charge in [-0.15, -0.1) is 0 Å². The van der Waals surface area contributed by atoms with Crippen LogP contribution in [-0.2, 0) is 11.3 Å². The maximum absolute atomic E-state index is 12.0. The van der Waals surface area contributed by atoms with Crippen LogP contribution in [0.3, 0.4) is 0 Å². The first kappa shape index (κ1) is 17.2. The summed E-state index contributed by atoms with van der Waals surface area (Å²) in [5, 5.41) is 15.6. The summed E-state index contributed by atoms with van der Waals surface area (Å²) in [6, 6.07) is 3.10. The minimum Gasteiger partial charge on any atom is -0.334 e. The van der Waals surface area contributed by atoms with Crippen molar-refractivity contribution in [3.8, 4) is 0 Å². The summed E-state index contributed by atoms with van der Waals surface area (Å²) < 4.78 is 0. The van der Waals surface area contributed by atoms with Crippen LogP contribution in [-0.4, -0.2) is 40.3 Å². The van der Waals surface area contributed by atoms with Gasteiger partial charge < -0.3 is 10.6 Å². The number of aromatic nitrogens is 1. The van der Waals surface area contributed by atoms with Crippen LogP contribution in [0, 0.1) is 5.92 Å². The fourth-order valence-corrected chi connectivity index (χ4v) is 3.02. The Hall–Kier alpha value is -2.15. The minimum absolute atomic E-state index is 0.0999. The second-order valence-electron chi connectivity index (χ2n) is 5.99. The van der Waals surface area contributed by atoms with Crippen LogP contribution in [0.1, 0.15) is 37.7 Å². The van der Waals surface area contributed by atoms with Crippen LogP contribution in [0.2, 0.25) is 0 Å². The molecule has 3 amide bonds. The van der Waals surface area contributed by atoms with Gasteiger partial charge in [-0.3, -0.25) is 15.0 Å². The molecular formula is C16H24N4O3. The van der Waals surface area contributed by atoms with Crippen molar-refractivity contribution in [3.05, 3.63) is 30.1 Å². The zero-order valence-corrected chi connectivity index (χ0v) is 13.1. The van der Waals surface area contributed by atoms with Gasteiger partial charge in [0.2, 0.25) is 6.41 Å². The van der Waals surface area contributed by atoms with Crippen molar-refractivity contribution in [2.75, 3.05) is 6.54 Å². The highest BCUT2D eigenvalue weighted by Crippen LogP contribution is 2.28. The van der Waals surface area contributed by atoms with Gasteiger partial charge in [0.05, 0.1) is 12.6 Å². The third-order valence-electron chi connectivity index (χ3n) is 4.16. The first-order valence-electron chi connectivity index (χ1n) is 8.01. The smallest absolute Gasteiger partial charge is 0.315 e. The summed E-state index contributed by atoms with van der Waals surface area (Å²) in [5.74, 6) is 0.542. The van der Waals surface area contributed by atoms with E-state index in [1.54, 1.807) is 12.4 Å². The Morgan fingerprint density at radius 2 is 2.09 bits per heavy atom. The zero-order chi connectivity index (χ0) is 16.5. The van der Waals surface area contributed by atoms with E-state index >= 15 is 0 Å². The molecule has 1 heterocycles. The average molecular weight is 320 g/mol. The number of carbonyl (C=O) groups is 2. The highest BCUT2D eigenvalue weighted by molar-refractivity contribution is 5.74. The molecule has 7 nitrogen and oxygen atoms in total. The Bertz CT molecular complexity index is 491. The normalized spacial score (nSPS) is 15.9. The Kier molecular flexibility index (Phi) is 6.80. The number of hydrogen-bond acceptors (Lipinski definition) is 4. The molecule has 0 aromatic carbocycles. The molecule has 23 heavy (non-hydrogen) atoms. The van der Waals surface area contributed by atoms with E-state index in [4.69, 9.17) is 0 Å². The summed E-state index contributed by atoms with van der Waals surface area (Å²) >= 11 is 0. The number of hydroxylamine groups is 2. The number of carbonyl (C=O) groups excluding carboxylic acids is 2. The molecule has 0 spiro atoms. The summed E-state index contributed by atoms with van der Waals surface area (Å²) in [5.41, 5.74) is 0.958. The molecule has 3 N–H and O–H groups in total. The van der Waals surface area contributed by atoms with Gasteiger partial charge in [-0.1, -0.05) is 25.7 Å². The van der Waals surface area contributed by atoms with Gasteiger partial charge in [-0.25, -0.2) is 9.86 Å². The van der Waals surface area contributed by atoms with Gasteiger partial charge in [0.25, 0.3) is 0 Å². The Balaban J connectivity index is 1.82. The Morgan fingerprint density at radius 3 is 2.74 bits per heavy atom. The maximum Gasteiger partial charge on any atom is 0.315 e. The average Bonchev–Trinajstić information content (AvgIpc) is 3.06. The van der Waals surface area contributed by atoms with Crippen molar-refractivity contribution < 1.29 is 14.8 Å². The van der Waals surface area contributed by atoms with Crippen molar-refractivity contribution in [1.82, 2.24) is 20.7 Å². The second kappa shape index (κ2) is 9.09. The SMILES string of the molecule is O=CN(O)C[C@@H](CC1CCCC1)NC(=O)NCc1ccncc1. The molecule has 126 valence electrons. The number of nitrogens with one attached hydrogen (secondary N) is 2. The molecule has 2 rings (SSSR count). The van der Waals surface area contributed by atoms with E-state index in [2.05, 4.69) is 15.6 Å². The maximum atomic E-state index is 12.0. The standard InChI is InChI=1S/C16H24N4O3/c21-12-20(23)11-15(9-13-3-1-2-4-13)19-16(22)18-10-14-5-7-17-8-6-14/h5-8,12-13,15,23H,1-4,9-11H2,(H2,18,19,22)/t15-/m1/s1. The van der Waals surface area contributed by atoms with Gasteiger partial charge in [0.1, 0.15) is 0 Å². The van der Waals surface area contributed by atoms with Crippen molar-refractivity contribution in [3.63, 3.8) is 0 Å². The molecule has 1 aromatic rings. The van der Waals surface area contributed by atoms with Gasteiger partial charge in [0, 0.05) is 18.9 Å². The molecule has 1 aliphatic rings. The monoisotopic (exact) mass is 320 g/mol. The molecule has 0 bridgehead atoms. The molecule has 0 saturated heterocycles. The Labute approximate surface area is 136 Å². The molecule has 1 aliphatic carbocycles. The molecule has 7 heteroatoms. The number of rotatable bonds is 8. The Morgan fingerprint density at radius 1 is 1.39 bits per heavy atom. The fourth-order valence-electron chi connectivity index (χ4n) is 3.02. The number of nitrogens with zero attached hydrogens (tertiary/aromatic N) is 2. The quantitative estimate of drug-likeness (QED) is 0.386. The van der Waals surface area contributed by atoms with Crippen LogP contribution in [0.4, 0.5) is 4.79 Å². The second-order valence-corrected chi connectivity index (χ2v) is 5.99. The third-order valence-corrected chi connectivity index (χ3v) is 4.16. The van der Waals surface area contributed by atoms with E-state index in [1.807, 2.05) is 12.1 Å². The van der Waals surface area contributed by atoms with Crippen LogP contribution < -0.4 is 10.6 Å². The predicted octanol–water partition coefficient (Wildman–Crippen LogP) is 1.68. The van der Waals surface area contributed by atoms with E-state index in [1.165, 1.54) is 12.8 Å². The summed E-state index contributed by atoms with van der Waals surface area (Å²) in [7, 11) is 0. The summed E-state index contributed by atoms with van der Waals surface area (Å²) in [6.07, 6.45) is 9.18. The summed E-state index contributed by atoms with van der Waals surface area (Å²) in [6.45, 7) is 0.504. The van der Waals surface area contributed by atoms with Crippen LogP contribution in [0.15, 0.2) is 24.5 Å². The van der Waals surface area contributed by atoms with E-state index in [0.29, 0.717) is 23.9 Å². The fraction of sp³-hybridized carbons (Fsp3) is 0.562. The molecule has 0 radical (unpaired) electrons. The van der Waals surface area contributed by atoms with Crippen molar-refractivity contribution in [2.24, 2.45) is 5.92 Å². The van der Waals surface area contributed by atoms with Gasteiger partial charge in [-0.05, 0) is 30.0 Å². The first-order valence-corrected chi connectivity index (χ1v) is 8.01. The zero-order valence-electron chi connectivity index (χ0n) is 13.1. The number of amides is 3. The van der Waals surface area contributed by atoms with E-state index in [0.717, 1.165) is 24.8 Å². The third kappa shape index (κ3) is 6.23. The molecule has 1 saturated carbocycles. The van der Waals surface area contributed by atoms with E-state index < -0.39 is 0 Å². The molecule has 1 atom stereocenters. The van der Waals surface area contributed by atoms with Gasteiger partial charge >= 0.3 is 6.03 Å². The van der Waals surface area contributed by atoms with E-state index in [9.17, 15) is 14.8 Å².